The van der Waals surface area contributed by atoms with Crippen molar-refractivity contribution in [3.63, 3.8) is 0 Å². The molecule has 1 amide bonds. The van der Waals surface area contributed by atoms with Crippen molar-refractivity contribution in [1.29, 1.82) is 0 Å². The fraction of sp³-hybridized carbons (Fsp3) is 0.714. The number of carbonyl (C=O) groups excluding carboxylic acids is 1. The van der Waals surface area contributed by atoms with Gasteiger partial charge in [0, 0.05) is 6.54 Å². The zero-order valence-corrected chi connectivity index (χ0v) is 15.2. The van der Waals surface area contributed by atoms with E-state index in [1.54, 1.807) is 6.92 Å². The SMILES string of the molecule is CCCN(C(=O)C(C)n1cc(C2(S(N)(=O)=O)CC2)nn1)C(C)C(=O)O. The van der Waals surface area contributed by atoms with Crippen molar-refractivity contribution < 1.29 is 23.1 Å². The lowest BCUT2D eigenvalue weighted by molar-refractivity contribution is -0.150. The van der Waals surface area contributed by atoms with Gasteiger partial charge in [-0.15, -0.1) is 5.10 Å². The van der Waals surface area contributed by atoms with Crippen LogP contribution in [0, 0.1) is 0 Å². The number of nitrogens with zero attached hydrogens (tertiary/aromatic N) is 4. The van der Waals surface area contributed by atoms with Gasteiger partial charge in [0.1, 0.15) is 22.5 Å². The van der Waals surface area contributed by atoms with Gasteiger partial charge in [-0.3, -0.25) is 4.79 Å². The third-order valence-electron chi connectivity index (χ3n) is 4.55. The number of nitrogens with two attached hydrogens (primary N) is 1. The monoisotopic (exact) mass is 373 g/mol. The van der Waals surface area contributed by atoms with Crippen molar-refractivity contribution >= 4 is 21.9 Å². The Bertz CT molecular complexity index is 770. The Morgan fingerprint density at radius 1 is 1.44 bits per heavy atom. The van der Waals surface area contributed by atoms with Gasteiger partial charge in [-0.25, -0.2) is 23.0 Å². The molecular formula is C14H23N5O5S. The van der Waals surface area contributed by atoms with Crippen LogP contribution < -0.4 is 5.14 Å². The number of hydrogen-bond acceptors (Lipinski definition) is 6. The van der Waals surface area contributed by atoms with Crippen LogP contribution in [0.3, 0.4) is 0 Å². The molecule has 2 rings (SSSR count). The number of aromatic nitrogens is 3. The molecule has 1 heterocycles. The van der Waals surface area contributed by atoms with E-state index in [4.69, 9.17) is 5.14 Å². The predicted octanol–water partition coefficient (Wildman–Crippen LogP) is -0.172. The first-order valence-electron chi connectivity index (χ1n) is 8.03. The highest BCUT2D eigenvalue weighted by Crippen LogP contribution is 2.50. The molecule has 1 aromatic rings. The van der Waals surface area contributed by atoms with Crippen molar-refractivity contribution in [1.82, 2.24) is 19.9 Å². The summed E-state index contributed by atoms with van der Waals surface area (Å²) in [6, 6.07) is -1.79. The largest absolute Gasteiger partial charge is 0.480 e. The average molecular weight is 373 g/mol. The lowest BCUT2D eigenvalue weighted by Gasteiger charge is -2.28. The Balaban J connectivity index is 2.24. The van der Waals surface area contributed by atoms with E-state index < -0.39 is 38.7 Å². The molecular weight excluding hydrogens is 350 g/mol. The molecule has 0 aromatic carbocycles. The van der Waals surface area contributed by atoms with Crippen LogP contribution in [-0.2, 0) is 24.4 Å². The second kappa shape index (κ2) is 6.71. The number of carboxylic acid groups (broad SMARTS) is 1. The Morgan fingerprint density at radius 3 is 2.48 bits per heavy atom. The molecule has 2 unspecified atom stereocenters. The highest BCUT2D eigenvalue weighted by Gasteiger charge is 2.56. The number of amides is 1. The summed E-state index contributed by atoms with van der Waals surface area (Å²) in [5, 5.41) is 22.2. The van der Waals surface area contributed by atoms with Crippen molar-refractivity contribution in [3.8, 4) is 0 Å². The van der Waals surface area contributed by atoms with E-state index in [0.29, 0.717) is 25.8 Å². The number of carboxylic acids is 1. The van der Waals surface area contributed by atoms with Crippen molar-refractivity contribution in [2.75, 3.05) is 6.54 Å². The minimum Gasteiger partial charge on any atom is -0.480 e. The molecule has 0 aliphatic heterocycles. The van der Waals surface area contributed by atoms with Crippen LogP contribution >= 0.6 is 0 Å². The summed E-state index contributed by atoms with van der Waals surface area (Å²) in [7, 11) is -3.82. The summed E-state index contributed by atoms with van der Waals surface area (Å²) in [5.41, 5.74) is 0.211. The topological polar surface area (TPSA) is 148 Å². The smallest absolute Gasteiger partial charge is 0.326 e. The molecule has 25 heavy (non-hydrogen) atoms. The van der Waals surface area contributed by atoms with E-state index in [9.17, 15) is 23.1 Å². The Morgan fingerprint density at radius 2 is 2.04 bits per heavy atom. The minimum atomic E-state index is -3.82. The van der Waals surface area contributed by atoms with Gasteiger partial charge in [0.15, 0.2) is 0 Å². The molecule has 1 aliphatic carbocycles. The molecule has 140 valence electrons. The summed E-state index contributed by atoms with van der Waals surface area (Å²) < 4.78 is 23.5. The Kier molecular flexibility index (Phi) is 5.19. The zero-order chi connectivity index (χ0) is 19.0. The predicted molar refractivity (Wildman–Crippen MR) is 87.9 cm³/mol. The summed E-state index contributed by atoms with van der Waals surface area (Å²) in [6.45, 7) is 5.14. The number of primary sulfonamides is 1. The van der Waals surface area contributed by atoms with Crippen molar-refractivity contribution in [3.05, 3.63) is 11.9 Å². The summed E-state index contributed by atoms with van der Waals surface area (Å²) >= 11 is 0. The van der Waals surface area contributed by atoms with Gasteiger partial charge >= 0.3 is 5.97 Å². The second-order valence-corrected chi connectivity index (χ2v) is 8.22. The fourth-order valence-electron chi connectivity index (χ4n) is 2.70. The van der Waals surface area contributed by atoms with E-state index in [1.165, 1.54) is 22.7 Å². The maximum atomic E-state index is 12.7. The molecule has 3 N–H and O–H groups in total. The van der Waals surface area contributed by atoms with Crippen molar-refractivity contribution in [2.45, 2.75) is 56.9 Å². The summed E-state index contributed by atoms with van der Waals surface area (Å²) in [5.74, 6) is -1.52. The number of aliphatic carboxylic acids is 1. The van der Waals surface area contributed by atoms with E-state index >= 15 is 0 Å². The van der Waals surface area contributed by atoms with Crippen LogP contribution in [0.4, 0.5) is 0 Å². The normalized spacial score (nSPS) is 18.4. The van der Waals surface area contributed by atoms with Gasteiger partial charge in [0.05, 0.1) is 6.20 Å². The van der Waals surface area contributed by atoms with Crippen LogP contribution in [0.2, 0.25) is 0 Å². The zero-order valence-electron chi connectivity index (χ0n) is 14.4. The molecule has 2 atom stereocenters. The maximum Gasteiger partial charge on any atom is 0.326 e. The van der Waals surface area contributed by atoms with Gasteiger partial charge in [0.2, 0.25) is 15.9 Å². The lowest BCUT2D eigenvalue weighted by atomic mass is 10.2. The first-order valence-corrected chi connectivity index (χ1v) is 9.57. The van der Waals surface area contributed by atoms with Gasteiger partial charge < -0.3 is 10.0 Å². The lowest BCUT2D eigenvalue weighted by Crippen LogP contribution is -2.46. The summed E-state index contributed by atoms with van der Waals surface area (Å²) in [4.78, 5) is 25.2. The van der Waals surface area contributed by atoms with Gasteiger partial charge in [-0.05, 0) is 33.1 Å². The molecule has 1 saturated carbocycles. The molecule has 0 radical (unpaired) electrons. The minimum absolute atomic E-state index is 0.211. The van der Waals surface area contributed by atoms with Crippen LogP contribution in [0.25, 0.3) is 0 Å². The van der Waals surface area contributed by atoms with E-state index in [0.717, 1.165) is 0 Å². The molecule has 0 spiro atoms. The maximum absolute atomic E-state index is 12.7. The van der Waals surface area contributed by atoms with Crippen LogP contribution in [0.1, 0.15) is 51.8 Å². The van der Waals surface area contributed by atoms with E-state index in [1.807, 2.05) is 6.92 Å². The quantitative estimate of drug-likeness (QED) is 0.642. The Hall–Kier alpha value is -2.01. The number of carbonyl (C=O) groups is 2. The highest BCUT2D eigenvalue weighted by molar-refractivity contribution is 7.90. The molecule has 0 bridgehead atoms. The molecule has 1 aliphatic rings. The van der Waals surface area contributed by atoms with Crippen molar-refractivity contribution in [2.24, 2.45) is 5.14 Å². The molecule has 11 heteroatoms. The first kappa shape index (κ1) is 19.3. The van der Waals surface area contributed by atoms with Gasteiger partial charge in [0.25, 0.3) is 0 Å². The molecule has 1 fully saturated rings. The van der Waals surface area contributed by atoms with E-state index in [2.05, 4.69) is 10.3 Å². The van der Waals surface area contributed by atoms with Gasteiger partial charge in [-0.2, -0.15) is 0 Å². The number of sulfonamides is 1. The molecule has 1 aromatic heterocycles. The molecule has 10 nitrogen and oxygen atoms in total. The second-order valence-electron chi connectivity index (χ2n) is 6.34. The standard InChI is InChI=1S/C14H23N5O5S/c1-4-7-18(10(3)13(21)22)12(20)9(2)19-8-11(16-17-19)14(5-6-14)25(15,23)24/h8-10H,4-7H2,1-3H3,(H,21,22)(H2,15,23,24). The average Bonchev–Trinajstić information content (AvgIpc) is 3.22. The third kappa shape index (κ3) is 3.52. The Labute approximate surface area is 146 Å². The summed E-state index contributed by atoms with van der Waals surface area (Å²) in [6.07, 6.45) is 2.73. The number of rotatable bonds is 8. The van der Waals surface area contributed by atoms with Crippen LogP contribution in [0.5, 0.6) is 0 Å². The first-order chi connectivity index (χ1) is 11.5. The molecule has 0 saturated heterocycles. The highest BCUT2D eigenvalue weighted by atomic mass is 32.2. The number of hydrogen-bond donors (Lipinski definition) is 2. The van der Waals surface area contributed by atoms with E-state index in [-0.39, 0.29) is 5.69 Å². The van der Waals surface area contributed by atoms with Crippen LogP contribution in [0.15, 0.2) is 6.20 Å². The van der Waals surface area contributed by atoms with Crippen LogP contribution in [-0.4, -0.2) is 57.9 Å². The van der Waals surface area contributed by atoms with Gasteiger partial charge in [-0.1, -0.05) is 12.1 Å². The fourth-order valence-corrected chi connectivity index (χ4v) is 3.75. The third-order valence-corrected chi connectivity index (χ3v) is 6.26.